The Labute approximate surface area is 192 Å². The van der Waals surface area contributed by atoms with Gasteiger partial charge in [0.05, 0.1) is 12.1 Å². The van der Waals surface area contributed by atoms with Gasteiger partial charge < -0.3 is 36.2 Å². The highest BCUT2D eigenvalue weighted by Crippen LogP contribution is 2.30. The molecule has 0 bridgehead atoms. The SMILES string of the molecule is CC(C(N)C(=O)NC(C(=O)O)C1OC(n2ccc(=O)[nH]c2=O)C(O)C1O)C(O)c1ccccc1. The average Bonchev–Trinajstić information content (AvgIpc) is 3.10. The third-order valence-electron chi connectivity index (χ3n) is 5.80. The van der Waals surface area contributed by atoms with E-state index in [1.54, 1.807) is 30.3 Å². The molecule has 2 heterocycles. The highest BCUT2D eigenvalue weighted by Gasteiger charge is 2.50. The van der Waals surface area contributed by atoms with Crippen LogP contribution in [0.1, 0.15) is 24.8 Å². The number of aliphatic hydroxyl groups excluding tert-OH is 3. The lowest BCUT2D eigenvalue weighted by Crippen LogP contribution is -2.57. The van der Waals surface area contributed by atoms with Gasteiger partial charge in [0.2, 0.25) is 5.91 Å². The van der Waals surface area contributed by atoms with Gasteiger partial charge in [0, 0.05) is 18.2 Å². The van der Waals surface area contributed by atoms with Crippen LogP contribution in [0.2, 0.25) is 0 Å². The monoisotopic (exact) mass is 478 g/mol. The molecule has 1 aliphatic rings. The van der Waals surface area contributed by atoms with Crippen LogP contribution in [-0.2, 0) is 14.3 Å². The van der Waals surface area contributed by atoms with Crippen molar-refractivity contribution in [2.24, 2.45) is 11.7 Å². The van der Waals surface area contributed by atoms with Gasteiger partial charge in [0.15, 0.2) is 12.3 Å². The number of aliphatic hydroxyl groups is 3. The number of aromatic amines is 1. The average molecular weight is 478 g/mol. The summed E-state index contributed by atoms with van der Waals surface area (Å²) in [5, 5.41) is 43.1. The van der Waals surface area contributed by atoms with Gasteiger partial charge >= 0.3 is 11.7 Å². The lowest BCUT2D eigenvalue weighted by Gasteiger charge is -2.28. The maximum absolute atomic E-state index is 12.7. The van der Waals surface area contributed by atoms with E-state index in [4.69, 9.17) is 10.5 Å². The van der Waals surface area contributed by atoms with E-state index >= 15 is 0 Å². The van der Waals surface area contributed by atoms with E-state index in [2.05, 4.69) is 5.32 Å². The van der Waals surface area contributed by atoms with Gasteiger partial charge in [0.25, 0.3) is 5.56 Å². The molecule has 8 atom stereocenters. The summed E-state index contributed by atoms with van der Waals surface area (Å²) in [6.07, 6.45) is -6.86. The second-order valence-corrected chi connectivity index (χ2v) is 8.05. The lowest BCUT2D eigenvalue weighted by molar-refractivity contribution is -0.149. The molecule has 13 nitrogen and oxygen atoms in total. The Morgan fingerprint density at radius 2 is 1.79 bits per heavy atom. The van der Waals surface area contributed by atoms with Crippen LogP contribution in [0.5, 0.6) is 0 Å². The maximum atomic E-state index is 12.7. The van der Waals surface area contributed by atoms with Crippen LogP contribution in [0.4, 0.5) is 0 Å². The van der Waals surface area contributed by atoms with E-state index < -0.39 is 71.8 Å². The maximum Gasteiger partial charge on any atom is 0.330 e. The summed E-state index contributed by atoms with van der Waals surface area (Å²) >= 11 is 0. The zero-order valence-corrected chi connectivity index (χ0v) is 18.0. The van der Waals surface area contributed by atoms with Gasteiger partial charge in [-0.25, -0.2) is 9.59 Å². The molecule has 13 heteroatoms. The summed E-state index contributed by atoms with van der Waals surface area (Å²) in [7, 11) is 0. The number of aromatic nitrogens is 2. The van der Waals surface area contributed by atoms with Crippen molar-refractivity contribution in [1.29, 1.82) is 0 Å². The number of amides is 1. The molecule has 1 aromatic heterocycles. The molecule has 2 aromatic rings. The van der Waals surface area contributed by atoms with E-state index in [1.807, 2.05) is 4.98 Å². The molecule has 3 rings (SSSR count). The van der Waals surface area contributed by atoms with Crippen LogP contribution in [0.3, 0.4) is 0 Å². The van der Waals surface area contributed by atoms with Gasteiger partial charge in [-0.2, -0.15) is 0 Å². The summed E-state index contributed by atoms with van der Waals surface area (Å²) in [6.45, 7) is 1.51. The Hall–Kier alpha value is -3.36. The highest BCUT2D eigenvalue weighted by atomic mass is 16.6. The molecule has 1 fully saturated rings. The van der Waals surface area contributed by atoms with Crippen molar-refractivity contribution in [2.45, 2.75) is 49.7 Å². The first-order valence-corrected chi connectivity index (χ1v) is 10.4. The van der Waals surface area contributed by atoms with Crippen molar-refractivity contribution >= 4 is 11.9 Å². The lowest BCUT2D eigenvalue weighted by atomic mass is 9.90. The van der Waals surface area contributed by atoms with E-state index in [-0.39, 0.29) is 0 Å². The second-order valence-electron chi connectivity index (χ2n) is 8.05. The molecular formula is C21H26N4O9. The van der Waals surface area contributed by atoms with E-state index in [0.29, 0.717) is 5.56 Å². The van der Waals surface area contributed by atoms with Crippen LogP contribution < -0.4 is 22.3 Å². The van der Waals surface area contributed by atoms with Crippen LogP contribution in [0, 0.1) is 5.92 Å². The third kappa shape index (κ3) is 5.08. The number of nitrogens with one attached hydrogen (secondary N) is 2. The number of carbonyl (C=O) groups is 2. The van der Waals surface area contributed by atoms with Crippen molar-refractivity contribution in [3.63, 3.8) is 0 Å². The fourth-order valence-electron chi connectivity index (χ4n) is 3.74. The van der Waals surface area contributed by atoms with Crippen LogP contribution >= 0.6 is 0 Å². The predicted molar refractivity (Wildman–Crippen MR) is 115 cm³/mol. The Morgan fingerprint density at radius 1 is 1.15 bits per heavy atom. The number of carboxylic acid groups (broad SMARTS) is 1. The van der Waals surface area contributed by atoms with Gasteiger partial charge in [-0.05, 0) is 5.56 Å². The largest absolute Gasteiger partial charge is 0.480 e. The van der Waals surface area contributed by atoms with Crippen LogP contribution in [-0.4, -0.2) is 72.2 Å². The molecule has 184 valence electrons. The molecule has 34 heavy (non-hydrogen) atoms. The molecule has 0 saturated carbocycles. The summed E-state index contributed by atoms with van der Waals surface area (Å²) < 4.78 is 6.21. The number of H-pyrrole nitrogens is 1. The standard InChI is InChI=1S/C21H26N4O9/c1-9(14(27)10-5-3-2-4-6-10)12(22)18(30)24-13(20(31)32)17-15(28)16(29)19(34-17)25-8-7-11(26)23-21(25)33/h2-9,12-17,19,27-29H,22H2,1H3,(H,24,30)(H,31,32)(H,23,26,33). The quantitative estimate of drug-likeness (QED) is 0.210. The van der Waals surface area contributed by atoms with E-state index in [0.717, 1.165) is 16.8 Å². The first kappa shape index (κ1) is 25.3. The number of hydrogen-bond acceptors (Lipinski definition) is 9. The minimum atomic E-state index is -1.85. The molecule has 1 amide bonds. The van der Waals surface area contributed by atoms with Crippen molar-refractivity contribution < 1.29 is 34.8 Å². The molecule has 1 saturated heterocycles. The summed E-state index contributed by atoms with van der Waals surface area (Å²) in [6, 6.07) is 6.24. The number of nitrogens with zero attached hydrogens (tertiary/aromatic N) is 1. The molecular weight excluding hydrogens is 452 g/mol. The van der Waals surface area contributed by atoms with Gasteiger partial charge in [-0.1, -0.05) is 37.3 Å². The van der Waals surface area contributed by atoms with Crippen molar-refractivity contribution in [1.82, 2.24) is 14.9 Å². The fourth-order valence-corrected chi connectivity index (χ4v) is 3.74. The van der Waals surface area contributed by atoms with Gasteiger partial charge in [-0.15, -0.1) is 0 Å². The molecule has 1 aromatic carbocycles. The Kier molecular flexibility index (Phi) is 7.64. The van der Waals surface area contributed by atoms with Gasteiger partial charge in [-0.3, -0.25) is 19.1 Å². The van der Waals surface area contributed by atoms with E-state index in [1.165, 1.54) is 6.92 Å². The smallest absolute Gasteiger partial charge is 0.330 e. The summed E-state index contributed by atoms with van der Waals surface area (Å²) in [5.74, 6) is -3.35. The predicted octanol–water partition coefficient (Wildman–Crippen LogP) is -2.58. The normalized spacial score (nSPS) is 25.8. The van der Waals surface area contributed by atoms with Crippen molar-refractivity contribution in [3.05, 3.63) is 69.0 Å². The van der Waals surface area contributed by atoms with Crippen LogP contribution in [0.25, 0.3) is 0 Å². The third-order valence-corrected chi connectivity index (χ3v) is 5.80. The number of aliphatic carboxylic acids is 1. The number of rotatable bonds is 8. The Bertz CT molecular complexity index is 1130. The molecule has 8 unspecified atom stereocenters. The fraction of sp³-hybridized carbons (Fsp3) is 0.429. The first-order valence-electron chi connectivity index (χ1n) is 10.4. The summed E-state index contributed by atoms with van der Waals surface area (Å²) in [4.78, 5) is 49.8. The minimum Gasteiger partial charge on any atom is -0.480 e. The highest BCUT2D eigenvalue weighted by molar-refractivity contribution is 5.87. The zero-order valence-electron chi connectivity index (χ0n) is 18.0. The molecule has 0 aliphatic carbocycles. The molecule has 0 radical (unpaired) electrons. The number of hydrogen-bond donors (Lipinski definition) is 7. The number of nitrogens with two attached hydrogens (primary N) is 1. The number of ether oxygens (including phenoxy) is 1. The topological polar surface area (TPSA) is 217 Å². The molecule has 1 aliphatic heterocycles. The number of benzene rings is 1. The Balaban J connectivity index is 1.76. The molecule has 8 N–H and O–H groups in total. The zero-order chi connectivity index (χ0) is 25.2. The second kappa shape index (κ2) is 10.3. The molecule has 0 spiro atoms. The Morgan fingerprint density at radius 3 is 2.38 bits per heavy atom. The van der Waals surface area contributed by atoms with E-state index in [9.17, 15) is 39.6 Å². The van der Waals surface area contributed by atoms with Crippen molar-refractivity contribution in [2.75, 3.05) is 0 Å². The number of carbonyl (C=O) groups excluding carboxylic acids is 1. The first-order chi connectivity index (χ1) is 16.0. The number of carboxylic acids is 1. The van der Waals surface area contributed by atoms with Crippen molar-refractivity contribution in [3.8, 4) is 0 Å². The minimum absolute atomic E-state index is 0.514. The summed E-state index contributed by atoms with van der Waals surface area (Å²) in [5.41, 5.74) is 4.82. The van der Waals surface area contributed by atoms with Gasteiger partial charge in [0.1, 0.15) is 18.3 Å². The van der Waals surface area contributed by atoms with Crippen LogP contribution in [0.15, 0.2) is 52.2 Å².